The quantitative estimate of drug-likeness (QED) is 0.531. The van der Waals surface area contributed by atoms with Gasteiger partial charge in [0, 0.05) is 0 Å². The predicted octanol–water partition coefficient (Wildman–Crippen LogP) is 3.68. The van der Waals surface area contributed by atoms with Crippen LogP contribution < -0.4 is 10.1 Å². The highest BCUT2D eigenvalue weighted by Crippen LogP contribution is 2.29. The monoisotopic (exact) mass is 360 g/mol. The highest BCUT2D eigenvalue weighted by molar-refractivity contribution is 6.08. The first-order valence-corrected chi connectivity index (χ1v) is 8.25. The van der Waals surface area contributed by atoms with E-state index in [1.54, 1.807) is 24.3 Å². The van der Waals surface area contributed by atoms with E-state index in [2.05, 4.69) is 15.5 Å². The van der Waals surface area contributed by atoms with E-state index in [-0.39, 0.29) is 17.5 Å². The summed E-state index contributed by atoms with van der Waals surface area (Å²) in [6.45, 7) is 2.36. The molecule has 0 fully saturated rings. The van der Waals surface area contributed by atoms with Crippen molar-refractivity contribution in [2.75, 3.05) is 11.9 Å². The Morgan fingerprint density at radius 3 is 2.67 bits per heavy atom. The van der Waals surface area contributed by atoms with Crippen molar-refractivity contribution in [2.45, 2.75) is 6.92 Å². The number of nitrogens with one attached hydrogen (secondary N) is 1. The van der Waals surface area contributed by atoms with Crippen LogP contribution in [0.5, 0.6) is 5.75 Å². The molecule has 0 atom stereocenters. The number of ether oxygens (including phenoxy) is 1. The molecule has 3 rings (SSSR count). The number of benzene rings is 2. The van der Waals surface area contributed by atoms with Gasteiger partial charge in [-0.3, -0.25) is 10.1 Å². The lowest BCUT2D eigenvalue weighted by Gasteiger charge is -2.06. The first kappa shape index (κ1) is 17.9. The third kappa shape index (κ3) is 4.38. The van der Waals surface area contributed by atoms with Crippen LogP contribution in [0.4, 0.5) is 6.01 Å². The Kier molecular flexibility index (Phi) is 5.60. The average molecular weight is 360 g/mol. The number of anilines is 1. The zero-order valence-corrected chi connectivity index (χ0v) is 14.5. The lowest BCUT2D eigenvalue weighted by Crippen LogP contribution is -2.13. The van der Waals surface area contributed by atoms with Crippen LogP contribution in [0.25, 0.3) is 17.5 Å². The lowest BCUT2D eigenvalue weighted by molar-refractivity contribution is -0.112. The topological polar surface area (TPSA) is 101 Å². The van der Waals surface area contributed by atoms with Crippen LogP contribution in [0, 0.1) is 11.3 Å². The van der Waals surface area contributed by atoms with Crippen LogP contribution in [0.3, 0.4) is 0 Å². The molecule has 0 aliphatic heterocycles. The first-order chi connectivity index (χ1) is 13.2. The molecule has 1 heterocycles. The number of carbonyl (C=O) groups is 1. The molecule has 1 N–H and O–H groups in total. The van der Waals surface area contributed by atoms with Crippen LogP contribution in [0.1, 0.15) is 12.5 Å². The number of hydrogen-bond acceptors (Lipinski definition) is 6. The molecule has 0 unspecified atom stereocenters. The van der Waals surface area contributed by atoms with Gasteiger partial charge in [-0.25, -0.2) is 0 Å². The largest absolute Gasteiger partial charge is 0.493 e. The maximum Gasteiger partial charge on any atom is 0.322 e. The molecule has 27 heavy (non-hydrogen) atoms. The molecule has 7 nitrogen and oxygen atoms in total. The summed E-state index contributed by atoms with van der Waals surface area (Å²) in [5.41, 5.74) is 1.28. The van der Waals surface area contributed by atoms with Crippen molar-refractivity contribution < 1.29 is 13.9 Å². The highest BCUT2D eigenvalue weighted by atomic mass is 16.5. The molecule has 0 spiro atoms. The van der Waals surface area contributed by atoms with E-state index < -0.39 is 5.91 Å². The molecule has 134 valence electrons. The van der Waals surface area contributed by atoms with Crippen LogP contribution >= 0.6 is 0 Å². The van der Waals surface area contributed by atoms with Gasteiger partial charge in [-0.1, -0.05) is 47.6 Å². The van der Waals surface area contributed by atoms with Crippen molar-refractivity contribution in [3.63, 3.8) is 0 Å². The first-order valence-electron chi connectivity index (χ1n) is 8.25. The van der Waals surface area contributed by atoms with E-state index >= 15 is 0 Å². The van der Waals surface area contributed by atoms with Crippen molar-refractivity contribution in [2.24, 2.45) is 0 Å². The molecule has 0 saturated carbocycles. The SMILES string of the molecule is CCOc1ccccc1-c1nnc(NC(=O)/C(C#N)=C/c2ccccc2)o1. The van der Waals surface area contributed by atoms with Gasteiger partial charge >= 0.3 is 6.01 Å². The van der Waals surface area contributed by atoms with Crippen molar-refractivity contribution in [3.05, 3.63) is 65.7 Å². The van der Waals surface area contributed by atoms with Crippen LogP contribution in [-0.4, -0.2) is 22.7 Å². The van der Waals surface area contributed by atoms with Gasteiger partial charge in [-0.15, -0.1) is 5.10 Å². The minimum atomic E-state index is -0.630. The Morgan fingerprint density at radius 2 is 1.93 bits per heavy atom. The zero-order valence-electron chi connectivity index (χ0n) is 14.5. The molecule has 0 radical (unpaired) electrons. The van der Waals surface area contributed by atoms with Gasteiger partial charge in [-0.2, -0.15) is 5.26 Å². The summed E-state index contributed by atoms with van der Waals surface area (Å²) in [5.74, 6) is 0.178. The number of nitriles is 1. The smallest absolute Gasteiger partial charge is 0.322 e. The maximum absolute atomic E-state index is 12.3. The van der Waals surface area contributed by atoms with E-state index in [0.717, 1.165) is 5.56 Å². The Hall–Kier alpha value is -3.92. The standard InChI is InChI=1S/C20H16N4O3/c1-2-26-17-11-7-6-10-16(17)19-23-24-20(27-19)22-18(25)15(13-21)12-14-8-4-3-5-9-14/h3-12H,2H2,1H3,(H,22,24,25)/b15-12+. The van der Waals surface area contributed by atoms with Crippen molar-refractivity contribution in [3.8, 4) is 23.3 Å². The second-order valence-corrected chi connectivity index (χ2v) is 5.38. The van der Waals surface area contributed by atoms with Gasteiger partial charge in [0.1, 0.15) is 17.4 Å². The van der Waals surface area contributed by atoms with Gasteiger partial charge in [-0.05, 0) is 30.7 Å². The summed E-state index contributed by atoms with van der Waals surface area (Å²) < 4.78 is 11.0. The molecule has 1 amide bonds. The van der Waals surface area contributed by atoms with E-state index in [4.69, 9.17) is 9.15 Å². The van der Waals surface area contributed by atoms with Crippen LogP contribution in [0.2, 0.25) is 0 Å². The molecule has 0 aliphatic carbocycles. The number of hydrogen-bond donors (Lipinski definition) is 1. The molecular weight excluding hydrogens is 344 g/mol. The number of amides is 1. The normalized spacial score (nSPS) is 10.9. The Balaban J connectivity index is 1.79. The number of nitrogens with zero attached hydrogens (tertiary/aromatic N) is 3. The summed E-state index contributed by atoms with van der Waals surface area (Å²) >= 11 is 0. The number of rotatable bonds is 6. The maximum atomic E-state index is 12.3. The summed E-state index contributed by atoms with van der Waals surface area (Å²) in [5, 5.41) is 19.5. The van der Waals surface area contributed by atoms with E-state index in [0.29, 0.717) is 17.9 Å². The van der Waals surface area contributed by atoms with Crippen molar-refractivity contribution in [1.29, 1.82) is 5.26 Å². The number of aromatic nitrogens is 2. The predicted molar refractivity (Wildman–Crippen MR) is 99.6 cm³/mol. The Bertz CT molecular complexity index is 1000. The van der Waals surface area contributed by atoms with E-state index in [1.807, 2.05) is 43.3 Å². The minimum absolute atomic E-state index is 0.0735. The number of carbonyl (C=O) groups excluding carboxylic acids is 1. The fraction of sp³-hybridized carbons (Fsp3) is 0.100. The van der Waals surface area contributed by atoms with Crippen molar-refractivity contribution in [1.82, 2.24) is 10.2 Å². The summed E-state index contributed by atoms with van der Waals surface area (Å²) in [6.07, 6.45) is 1.48. The van der Waals surface area contributed by atoms with E-state index in [1.165, 1.54) is 6.08 Å². The summed E-state index contributed by atoms with van der Waals surface area (Å²) in [4.78, 5) is 12.3. The van der Waals surface area contributed by atoms with E-state index in [9.17, 15) is 10.1 Å². The van der Waals surface area contributed by atoms with Gasteiger partial charge < -0.3 is 9.15 Å². The fourth-order valence-electron chi connectivity index (χ4n) is 2.34. The van der Waals surface area contributed by atoms with Crippen LogP contribution in [-0.2, 0) is 4.79 Å². The van der Waals surface area contributed by atoms with Gasteiger partial charge in [0.2, 0.25) is 0 Å². The summed E-state index contributed by atoms with van der Waals surface area (Å²) in [7, 11) is 0. The third-order valence-corrected chi connectivity index (χ3v) is 3.54. The molecule has 3 aromatic rings. The second-order valence-electron chi connectivity index (χ2n) is 5.38. The molecule has 0 bridgehead atoms. The highest BCUT2D eigenvalue weighted by Gasteiger charge is 2.16. The number of para-hydroxylation sites is 1. The minimum Gasteiger partial charge on any atom is -0.493 e. The Morgan fingerprint density at radius 1 is 1.19 bits per heavy atom. The summed E-state index contributed by atoms with van der Waals surface area (Å²) in [6, 6.07) is 18.1. The van der Waals surface area contributed by atoms with Gasteiger partial charge in [0.25, 0.3) is 11.8 Å². The van der Waals surface area contributed by atoms with Crippen molar-refractivity contribution >= 4 is 18.0 Å². The van der Waals surface area contributed by atoms with Gasteiger partial charge in [0.15, 0.2) is 0 Å². The molecular formula is C20H16N4O3. The molecule has 0 aliphatic rings. The second kappa shape index (κ2) is 8.45. The Labute approximate surface area is 155 Å². The third-order valence-electron chi connectivity index (χ3n) is 3.54. The van der Waals surface area contributed by atoms with Gasteiger partial charge in [0.05, 0.1) is 12.2 Å². The van der Waals surface area contributed by atoms with Crippen LogP contribution in [0.15, 0.2) is 64.6 Å². The zero-order chi connectivity index (χ0) is 19.1. The average Bonchev–Trinajstić information content (AvgIpc) is 3.15. The molecule has 7 heteroatoms. The molecule has 2 aromatic carbocycles. The molecule has 0 saturated heterocycles. The molecule has 1 aromatic heterocycles. The fourth-order valence-corrected chi connectivity index (χ4v) is 2.34. The lowest BCUT2D eigenvalue weighted by atomic mass is 10.1.